The molecular weight excluding hydrogens is 334 g/mol. The SMILES string of the molecule is CC1CC(C)CN(C(=O)CCSc2ccccc2Br)C1. The fraction of sp³-hybridized carbons (Fsp3) is 0.562. The highest BCUT2D eigenvalue weighted by Gasteiger charge is 2.24. The molecule has 0 radical (unpaired) electrons. The number of rotatable bonds is 4. The Kier molecular flexibility index (Phi) is 5.97. The first-order chi connectivity index (χ1) is 9.56. The van der Waals surface area contributed by atoms with Crippen molar-refractivity contribution in [2.24, 2.45) is 11.8 Å². The topological polar surface area (TPSA) is 20.3 Å². The second-order valence-electron chi connectivity index (χ2n) is 5.77. The Morgan fingerprint density at radius 1 is 1.30 bits per heavy atom. The van der Waals surface area contributed by atoms with Gasteiger partial charge >= 0.3 is 0 Å². The Labute approximate surface area is 134 Å². The number of thioether (sulfide) groups is 1. The van der Waals surface area contributed by atoms with E-state index in [1.807, 2.05) is 18.2 Å². The number of nitrogens with zero attached hydrogens (tertiary/aromatic N) is 1. The van der Waals surface area contributed by atoms with E-state index in [4.69, 9.17) is 0 Å². The summed E-state index contributed by atoms with van der Waals surface area (Å²) in [5.74, 6) is 2.43. The van der Waals surface area contributed by atoms with E-state index >= 15 is 0 Å². The van der Waals surface area contributed by atoms with Crippen LogP contribution in [0.25, 0.3) is 0 Å². The van der Waals surface area contributed by atoms with Gasteiger partial charge in [-0.05, 0) is 46.3 Å². The van der Waals surface area contributed by atoms with Crippen LogP contribution in [-0.2, 0) is 4.79 Å². The minimum Gasteiger partial charge on any atom is -0.342 e. The van der Waals surface area contributed by atoms with E-state index in [1.54, 1.807) is 11.8 Å². The van der Waals surface area contributed by atoms with Crippen LogP contribution in [0.4, 0.5) is 0 Å². The number of likely N-dealkylation sites (tertiary alicyclic amines) is 1. The zero-order chi connectivity index (χ0) is 14.5. The van der Waals surface area contributed by atoms with Gasteiger partial charge in [0.2, 0.25) is 5.91 Å². The number of benzene rings is 1. The summed E-state index contributed by atoms with van der Waals surface area (Å²) < 4.78 is 1.11. The van der Waals surface area contributed by atoms with Crippen LogP contribution in [0.3, 0.4) is 0 Å². The van der Waals surface area contributed by atoms with Gasteiger partial charge in [0.05, 0.1) is 0 Å². The molecule has 0 aromatic heterocycles. The van der Waals surface area contributed by atoms with E-state index in [0.29, 0.717) is 24.2 Å². The van der Waals surface area contributed by atoms with Crippen LogP contribution in [0.5, 0.6) is 0 Å². The first kappa shape index (κ1) is 15.9. The fourth-order valence-electron chi connectivity index (χ4n) is 2.83. The number of carbonyl (C=O) groups excluding carboxylic acids is 1. The van der Waals surface area contributed by atoms with Gasteiger partial charge in [-0.25, -0.2) is 0 Å². The third-order valence-electron chi connectivity index (χ3n) is 3.63. The van der Waals surface area contributed by atoms with E-state index in [2.05, 4.69) is 40.7 Å². The Morgan fingerprint density at radius 2 is 1.95 bits per heavy atom. The summed E-state index contributed by atoms with van der Waals surface area (Å²) in [6.07, 6.45) is 1.88. The monoisotopic (exact) mass is 355 g/mol. The maximum atomic E-state index is 12.3. The molecule has 110 valence electrons. The lowest BCUT2D eigenvalue weighted by molar-refractivity contribution is -0.133. The van der Waals surface area contributed by atoms with E-state index < -0.39 is 0 Å². The Balaban J connectivity index is 1.79. The van der Waals surface area contributed by atoms with Crippen LogP contribution in [-0.4, -0.2) is 29.6 Å². The van der Waals surface area contributed by atoms with Crippen molar-refractivity contribution >= 4 is 33.6 Å². The van der Waals surface area contributed by atoms with Gasteiger partial charge in [0.25, 0.3) is 0 Å². The lowest BCUT2D eigenvalue weighted by Crippen LogP contribution is -2.42. The third-order valence-corrected chi connectivity index (χ3v) is 5.66. The molecule has 2 nitrogen and oxygen atoms in total. The van der Waals surface area contributed by atoms with E-state index in [1.165, 1.54) is 11.3 Å². The summed E-state index contributed by atoms with van der Waals surface area (Å²) >= 11 is 5.29. The van der Waals surface area contributed by atoms with Gasteiger partial charge in [-0.1, -0.05) is 26.0 Å². The average molecular weight is 356 g/mol. The quantitative estimate of drug-likeness (QED) is 0.744. The summed E-state index contributed by atoms with van der Waals surface area (Å²) in [5.41, 5.74) is 0. The number of amides is 1. The van der Waals surface area contributed by atoms with Crippen molar-refractivity contribution in [2.75, 3.05) is 18.8 Å². The van der Waals surface area contributed by atoms with Crippen LogP contribution >= 0.6 is 27.7 Å². The van der Waals surface area contributed by atoms with Crippen molar-refractivity contribution < 1.29 is 4.79 Å². The van der Waals surface area contributed by atoms with Crippen molar-refractivity contribution in [1.29, 1.82) is 0 Å². The number of piperidine rings is 1. The second kappa shape index (κ2) is 7.51. The Hall–Kier alpha value is -0.480. The highest BCUT2D eigenvalue weighted by Crippen LogP contribution is 2.28. The van der Waals surface area contributed by atoms with Crippen LogP contribution in [0.15, 0.2) is 33.6 Å². The van der Waals surface area contributed by atoms with Gasteiger partial charge in [-0.15, -0.1) is 11.8 Å². The second-order valence-corrected chi connectivity index (χ2v) is 7.76. The molecule has 1 saturated heterocycles. The highest BCUT2D eigenvalue weighted by atomic mass is 79.9. The van der Waals surface area contributed by atoms with Crippen LogP contribution in [0, 0.1) is 11.8 Å². The normalized spacial score (nSPS) is 22.9. The molecule has 0 spiro atoms. The summed E-state index contributed by atoms with van der Waals surface area (Å²) in [5, 5.41) is 0. The zero-order valence-corrected chi connectivity index (χ0v) is 14.5. The Morgan fingerprint density at radius 3 is 2.60 bits per heavy atom. The summed E-state index contributed by atoms with van der Waals surface area (Å²) in [6, 6.07) is 8.17. The molecule has 2 rings (SSSR count). The Bertz CT molecular complexity index is 456. The van der Waals surface area contributed by atoms with Gasteiger partial charge in [-0.2, -0.15) is 0 Å². The molecule has 0 bridgehead atoms. The molecular formula is C16H22BrNOS. The molecule has 1 aromatic rings. The van der Waals surface area contributed by atoms with Crippen molar-refractivity contribution in [3.05, 3.63) is 28.7 Å². The maximum Gasteiger partial charge on any atom is 0.223 e. The fourth-order valence-corrected chi connectivity index (χ4v) is 4.34. The molecule has 0 aliphatic carbocycles. The average Bonchev–Trinajstić information content (AvgIpc) is 2.39. The molecule has 1 heterocycles. The number of carbonyl (C=O) groups is 1. The molecule has 0 saturated carbocycles. The van der Waals surface area contributed by atoms with Gasteiger partial charge in [0.15, 0.2) is 0 Å². The van der Waals surface area contributed by atoms with Crippen LogP contribution in [0.2, 0.25) is 0 Å². The molecule has 2 atom stereocenters. The predicted molar refractivity (Wildman–Crippen MR) is 89.0 cm³/mol. The van der Waals surface area contributed by atoms with Gasteiger partial charge in [-0.3, -0.25) is 4.79 Å². The van der Waals surface area contributed by atoms with Gasteiger partial charge < -0.3 is 4.90 Å². The summed E-state index contributed by atoms with van der Waals surface area (Å²) in [6.45, 7) is 6.35. The van der Waals surface area contributed by atoms with Crippen LogP contribution < -0.4 is 0 Å². The first-order valence-corrected chi connectivity index (χ1v) is 8.99. The molecule has 1 aromatic carbocycles. The highest BCUT2D eigenvalue weighted by molar-refractivity contribution is 9.10. The molecule has 2 unspecified atom stereocenters. The minimum absolute atomic E-state index is 0.308. The molecule has 1 aliphatic rings. The van der Waals surface area contributed by atoms with Crippen molar-refractivity contribution in [2.45, 2.75) is 31.6 Å². The van der Waals surface area contributed by atoms with Crippen molar-refractivity contribution in [1.82, 2.24) is 4.90 Å². The summed E-state index contributed by atoms with van der Waals surface area (Å²) in [7, 11) is 0. The van der Waals surface area contributed by atoms with E-state index in [-0.39, 0.29) is 0 Å². The van der Waals surface area contributed by atoms with E-state index in [9.17, 15) is 4.79 Å². The lowest BCUT2D eigenvalue weighted by atomic mass is 9.92. The van der Waals surface area contributed by atoms with Crippen LogP contribution in [0.1, 0.15) is 26.7 Å². The van der Waals surface area contributed by atoms with Crippen molar-refractivity contribution in [3.8, 4) is 0 Å². The molecule has 1 aliphatic heterocycles. The zero-order valence-electron chi connectivity index (χ0n) is 12.1. The minimum atomic E-state index is 0.308. The van der Waals surface area contributed by atoms with E-state index in [0.717, 1.165) is 23.3 Å². The smallest absolute Gasteiger partial charge is 0.223 e. The standard InChI is InChI=1S/C16H22BrNOS/c1-12-9-13(2)11-18(10-12)16(19)7-8-20-15-6-4-3-5-14(15)17/h3-6,12-13H,7-11H2,1-2H3. The largest absolute Gasteiger partial charge is 0.342 e. The first-order valence-electron chi connectivity index (χ1n) is 7.21. The molecule has 1 amide bonds. The lowest BCUT2D eigenvalue weighted by Gasteiger charge is -2.35. The molecule has 1 fully saturated rings. The molecule has 0 N–H and O–H groups in total. The summed E-state index contributed by atoms with van der Waals surface area (Å²) in [4.78, 5) is 15.5. The van der Waals surface area contributed by atoms with Gasteiger partial charge in [0, 0.05) is 34.6 Å². The third kappa shape index (κ3) is 4.52. The number of halogens is 1. The maximum absolute atomic E-state index is 12.3. The predicted octanol–water partition coefficient (Wildman–Crippen LogP) is 4.44. The molecule has 4 heteroatoms. The number of hydrogen-bond donors (Lipinski definition) is 0. The number of hydrogen-bond acceptors (Lipinski definition) is 2. The molecule has 20 heavy (non-hydrogen) atoms. The van der Waals surface area contributed by atoms with Gasteiger partial charge in [0.1, 0.15) is 0 Å². The van der Waals surface area contributed by atoms with Crippen molar-refractivity contribution in [3.63, 3.8) is 0 Å².